The van der Waals surface area contributed by atoms with Crippen LogP contribution in [0.4, 0.5) is 0 Å². The maximum atomic E-state index is 12.4. The second kappa shape index (κ2) is 10.4. The van der Waals surface area contributed by atoms with E-state index in [0.717, 1.165) is 11.1 Å². The molecule has 0 atom stereocenters. The minimum Gasteiger partial charge on any atom is -0.508 e. The molecular formula is C26H24N4O4. The molecule has 4 rings (SSSR count). The molecule has 1 amide bonds. The van der Waals surface area contributed by atoms with Crippen LogP contribution in [-0.2, 0) is 6.61 Å². The first kappa shape index (κ1) is 22.6. The average Bonchev–Trinajstić information content (AvgIpc) is 3.34. The van der Waals surface area contributed by atoms with Crippen LogP contribution in [0.15, 0.2) is 77.9 Å². The standard InChI is InChI=1S/C26H24N4O4/c1-17-6-8-18(9-7-17)16-34-24-11-10-20(13-25(24)33-2)22-14-23(29-28-22)26(32)30-27-15-19-4-3-5-21(31)12-19/h3-15,31H,16H2,1-2H3,(H,28,29)(H,30,32)/b27-15+. The Bertz CT molecular complexity index is 1310. The van der Waals surface area contributed by atoms with Crippen LogP contribution in [0, 0.1) is 6.92 Å². The van der Waals surface area contributed by atoms with Gasteiger partial charge in [-0.3, -0.25) is 9.89 Å². The smallest absolute Gasteiger partial charge is 0.289 e. The maximum Gasteiger partial charge on any atom is 0.289 e. The zero-order valence-electron chi connectivity index (χ0n) is 18.8. The van der Waals surface area contributed by atoms with Crippen molar-refractivity contribution in [1.82, 2.24) is 15.6 Å². The zero-order valence-corrected chi connectivity index (χ0v) is 18.8. The monoisotopic (exact) mass is 456 g/mol. The number of nitrogens with zero attached hydrogens (tertiary/aromatic N) is 2. The van der Waals surface area contributed by atoms with Gasteiger partial charge in [-0.05, 0) is 54.4 Å². The summed E-state index contributed by atoms with van der Waals surface area (Å²) in [4.78, 5) is 12.4. The average molecular weight is 457 g/mol. The highest BCUT2D eigenvalue weighted by Crippen LogP contribution is 2.32. The number of methoxy groups -OCH3 is 1. The summed E-state index contributed by atoms with van der Waals surface area (Å²) >= 11 is 0. The van der Waals surface area contributed by atoms with E-state index in [4.69, 9.17) is 9.47 Å². The number of phenols is 1. The van der Waals surface area contributed by atoms with Crippen LogP contribution in [0.5, 0.6) is 17.2 Å². The lowest BCUT2D eigenvalue weighted by molar-refractivity contribution is 0.0950. The van der Waals surface area contributed by atoms with Crippen molar-refractivity contribution in [2.24, 2.45) is 5.10 Å². The summed E-state index contributed by atoms with van der Waals surface area (Å²) in [5, 5.41) is 20.3. The molecule has 8 nitrogen and oxygen atoms in total. The Balaban J connectivity index is 1.41. The van der Waals surface area contributed by atoms with E-state index in [-0.39, 0.29) is 11.4 Å². The van der Waals surface area contributed by atoms with Crippen LogP contribution >= 0.6 is 0 Å². The Labute approximate surface area is 196 Å². The molecule has 0 saturated carbocycles. The summed E-state index contributed by atoms with van der Waals surface area (Å²) in [6, 6.07) is 21.8. The van der Waals surface area contributed by atoms with Gasteiger partial charge in [-0.25, -0.2) is 5.43 Å². The van der Waals surface area contributed by atoms with Crippen LogP contribution < -0.4 is 14.9 Å². The summed E-state index contributed by atoms with van der Waals surface area (Å²) in [5.74, 6) is 0.853. The lowest BCUT2D eigenvalue weighted by atomic mass is 10.1. The van der Waals surface area contributed by atoms with Crippen molar-refractivity contribution >= 4 is 12.1 Å². The Morgan fingerprint density at radius 3 is 2.68 bits per heavy atom. The Kier molecular flexibility index (Phi) is 6.88. The minimum atomic E-state index is -0.444. The summed E-state index contributed by atoms with van der Waals surface area (Å²) in [6.07, 6.45) is 1.44. The number of ether oxygens (including phenoxy) is 2. The first-order valence-corrected chi connectivity index (χ1v) is 10.6. The van der Waals surface area contributed by atoms with Gasteiger partial charge in [0.25, 0.3) is 5.91 Å². The van der Waals surface area contributed by atoms with E-state index >= 15 is 0 Å². The number of hydrazone groups is 1. The number of hydrogen-bond acceptors (Lipinski definition) is 6. The molecule has 8 heteroatoms. The number of aromatic amines is 1. The number of rotatable bonds is 8. The molecule has 0 radical (unpaired) electrons. The Morgan fingerprint density at radius 2 is 1.91 bits per heavy atom. The minimum absolute atomic E-state index is 0.121. The molecule has 0 unspecified atom stereocenters. The second-order valence-electron chi connectivity index (χ2n) is 7.60. The fraction of sp³-hybridized carbons (Fsp3) is 0.115. The summed E-state index contributed by atoms with van der Waals surface area (Å²) in [7, 11) is 1.58. The van der Waals surface area contributed by atoms with Crippen LogP contribution in [0.1, 0.15) is 27.2 Å². The van der Waals surface area contributed by atoms with Crippen molar-refractivity contribution in [3.63, 3.8) is 0 Å². The van der Waals surface area contributed by atoms with E-state index in [1.54, 1.807) is 31.4 Å². The molecule has 0 bridgehead atoms. The second-order valence-corrected chi connectivity index (χ2v) is 7.60. The molecule has 0 aliphatic carbocycles. The van der Waals surface area contributed by atoms with Crippen LogP contribution in [0.3, 0.4) is 0 Å². The number of H-pyrrole nitrogens is 1. The van der Waals surface area contributed by atoms with E-state index in [1.165, 1.54) is 17.8 Å². The molecule has 0 aliphatic rings. The van der Waals surface area contributed by atoms with Crippen molar-refractivity contribution in [3.05, 3.63) is 95.2 Å². The topological polar surface area (TPSA) is 109 Å². The quantitative estimate of drug-likeness (QED) is 0.268. The number of aromatic hydroxyl groups is 1. The van der Waals surface area contributed by atoms with Gasteiger partial charge in [-0.2, -0.15) is 10.2 Å². The van der Waals surface area contributed by atoms with E-state index in [0.29, 0.717) is 29.4 Å². The molecule has 0 aliphatic heterocycles. The fourth-order valence-corrected chi connectivity index (χ4v) is 3.21. The summed E-state index contributed by atoms with van der Waals surface area (Å²) in [6.45, 7) is 2.46. The van der Waals surface area contributed by atoms with Crippen LogP contribution in [-0.4, -0.2) is 34.5 Å². The number of amides is 1. The van der Waals surface area contributed by atoms with Crippen LogP contribution in [0.2, 0.25) is 0 Å². The summed E-state index contributed by atoms with van der Waals surface area (Å²) in [5.41, 5.74) is 6.93. The van der Waals surface area contributed by atoms with Gasteiger partial charge in [0.15, 0.2) is 11.5 Å². The van der Waals surface area contributed by atoms with Gasteiger partial charge in [0.05, 0.1) is 19.0 Å². The van der Waals surface area contributed by atoms with E-state index in [1.807, 2.05) is 49.4 Å². The number of aryl methyl sites for hydroxylation is 1. The van der Waals surface area contributed by atoms with Crippen molar-refractivity contribution in [3.8, 4) is 28.5 Å². The molecule has 1 heterocycles. The number of carbonyl (C=O) groups excluding carboxylic acids is 1. The first-order valence-electron chi connectivity index (χ1n) is 10.6. The van der Waals surface area contributed by atoms with E-state index < -0.39 is 5.91 Å². The highest BCUT2D eigenvalue weighted by atomic mass is 16.5. The predicted molar refractivity (Wildman–Crippen MR) is 129 cm³/mol. The number of carbonyl (C=O) groups is 1. The third kappa shape index (κ3) is 5.60. The number of aromatic nitrogens is 2. The number of benzene rings is 3. The molecule has 4 aromatic rings. The van der Waals surface area contributed by atoms with E-state index in [2.05, 4.69) is 20.7 Å². The lowest BCUT2D eigenvalue weighted by Gasteiger charge is -2.12. The molecule has 0 saturated heterocycles. The number of phenolic OH excluding ortho intramolecular Hbond substituents is 1. The lowest BCUT2D eigenvalue weighted by Crippen LogP contribution is -2.17. The highest BCUT2D eigenvalue weighted by Gasteiger charge is 2.13. The number of hydrogen-bond donors (Lipinski definition) is 3. The molecule has 3 N–H and O–H groups in total. The number of nitrogens with one attached hydrogen (secondary N) is 2. The normalized spacial score (nSPS) is 10.9. The fourth-order valence-electron chi connectivity index (χ4n) is 3.21. The van der Waals surface area contributed by atoms with Gasteiger partial charge in [-0.1, -0.05) is 42.0 Å². The van der Waals surface area contributed by atoms with Crippen molar-refractivity contribution < 1.29 is 19.4 Å². The van der Waals surface area contributed by atoms with Gasteiger partial charge in [0, 0.05) is 5.56 Å². The van der Waals surface area contributed by atoms with Crippen molar-refractivity contribution in [1.29, 1.82) is 0 Å². The Morgan fingerprint density at radius 1 is 1.09 bits per heavy atom. The highest BCUT2D eigenvalue weighted by molar-refractivity contribution is 5.94. The zero-order chi connectivity index (χ0) is 23.9. The van der Waals surface area contributed by atoms with Gasteiger partial charge < -0.3 is 14.6 Å². The predicted octanol–water partition coefficient (Wildman–Crippen LogP) is 4.44. The molecule has 0 spiro atoms. The summed E-state index contributed by atoms with van der Waals surface area (Å²) < 4.78 is 11.4. The van der Waals surface area contributed by atoms with Gasteiger partial charge in [-0.15, -0.1) is 0 Å². The van der Waals surface area contributed by atoms with Gasteiger partial charge in [0.1, 0.15) is 18.1 Å². The SMILES string of the molecule is COc1cc(-c2cc(C(=O)N/N=C/c3cccc(O)c3)[nH]n2)ccc1OCc1ccc(C)cc1. The third-order valence-corrected chi connectivity index (χ3v) is 5.05. The van der Waals surface area contributed by atoms with E-state index in [9.17, 15) is 9.90 Å². The Hall–Kier alpha value is -4.59. The third-order valence-electron chi connectivity index (χ3n) is 5.05. The molecule has 3 aromatic carbocycles. The van der Waals surface area contributed by atoms with Gasteiger partial charge in [0.2, 0.25) is 0 Å². The molecule has 172 valence electrons. The van der Waals surface area contributed by atoms with Crippen molar-refractivity contribution in [2.45, 2.75) is 13.5 Å². The molecule has 0 fully saturated rings. The van der Waals surface area contributed by atoms with Gasteiger partial charge >= 0.3 is 0 Å². The molecule has 34 heavy (non-hydrogen) atoms. The maximum absolute atomic E-state index is 12.4. The molecular weight excluding hydrogens is 432 g/mol. The largest absolute Gasteiger partial charge is 0.508 e. The van der Waals surface area contributed by atoms with Crippen LogP contribution in [0.25, 0.3) is 11.3 Å². The van der Waals surface area contributed by atoms with Crippen molar-refractivity contribution in [2.75, 3.05) is 7.11 Å². The molecule has 1 aromatic heterocycles. The first-order chi connectivity index (χ1) is 16.5.